The minimum atomic E-state index is -0.699. The maximum Gasteiger partial charge on any atom is 0.256 e. The van der Waals surface area contributed by atoms with E-state index >= 15 is 0 Å². The van der Waals surface area contributed by atoms with Crippen molar-refractivity contribution in [3.05, 3.63) is 65.2 Å². The number of carbonyl (C=O) groups is 1. The lowest BCUT2D eigenvalue weighted by Crippen LogP contribution is -2.02. The quantitative estimate of drug-likeness (QED) is 0.795. The number of para-hydroxylation sites is 1. The van der Waals surface area contributed by atoms with Gasteiger partial charge in [0.1, 0.15) is 24.0 Å². The minimum absolute atomic E-state index is 0.118. The molecule has 2 aromatic carbocycles. The summed E-state index contributed by atoms with van der Waals surface area (Å²) in [7, 11) is 0. The Bertz CT molecular complexity index is 614. The summed E-state index contributed by atoms with van der Waals surface area (Å²) in [6, 6.07) is 9.57. The summed E-state index contributed by atoms with van der Waals surface area (Å²) in [5.74, 6) is -1.10. The minimum Gasteiger partial charge on any atom is -0.488 e. The first-order chi connectivity index (χ1) is 9.08. The fourth-order valence-electron chi connectivity index (χ4n) is 1.55. The first kappa shape index (κ1) is 13.5. The Morgan fingerprint density at radius 2 is 1.89 bits per heavy atom. The number of ether oxygens (including phenoxy) is 1. The lowest BCUT2D eigenvalue weighted by molar-refractivity contribution is 0.107. The van der Waals surface area contributed by atoms with Crippen molar-refractivity contribution in [3.63, 3.8) is 0 Å². The highest BCUT2D eigenvalue weighted by molar-refractivity contribution is 6.68. The van der Waals surface area contributed by atoms with Crippen LogP contribution >= 0.6 is 11.6 Å². The molecule has 0 atom stereocenters. The van der Waals surface area contributed by atoms with Crippen LogP contribution in [0, 0.1) is 11.6 Å². The molecule has 0 radical (unpaired) electrons. The molecule has 2 rings (SSSR count). The SMILES string of the molecule is O=C(Cl)c1ccccc1OCc1ccc(F)cc1F. The van der Waals surface area contributed by atoms with Crippen LogP contribution in [0.5, 0.6) is 5.75 Å². The van der Waals surface area contributed by atoms with Gasteiger partial charge in [-0.2, -0.15) is 0 Å². The summed E-state index contributed by atoms with van der Waals surface area (Å²) in [6.07, 6.45) is 0. The Labute approximate surface area is 113 Å². The molecule has 19 heavy (non-hydrogen) atoms. The zero-order valence-corrected chi connectivity index (χ0v) is 10.5. The maximum atomic E-state index is 13.4. The molecule has 0 aliphatic carbocycles. The van der Waals surface area contributed by atoms with Crippen LogP contribution in [-0.4, -0.2) is 5.24 Å². The summed E-state index contributed by atoms with van der Waals surface area (Å²) >= 11 is 5.40. The zero-order chi connectivity index (χ0) is 13.8. The molecule has 0 heterocycles. The second kappa shape index (κ2) is 5.80. The van der Waals surface area contributed by atoms with Crippen LogP contribution in [0.3, 0.4) is 0 Å². The van der Waals surface area contributed by atoms with Crippen LogP contribution in [-0.2, 0) is 6.61 Å². The monoisotopic (exact) mass is 282 g/mol. The van der Waals surface area contributed by atoms with E-state index in [1.807, 2.05) is 0 Å². The molecule has 0 N–H and O–H groups in total. The molecular formula is C14H9ClF2O2. The van der Waals surface area contributed by atoms with Gasteiger partial charge in [0.2, 0.25) is 0 Å². The summed E-state index contributed by atoms with van der Waals surface area (Å²) < 4.78 is 31.5. The number of hydrogen-bond donors (Lipinski definition) is 0. The van der Waals surface area contributed by atoms with E-state index in [9.17, 15) is 13.6 Å². The third-order valence-corrected chi connectivity index (χ3v) is 2.70. The molecule has 5 heteroatoms. The average Bonchev–Trinajstić information content (AvgIpc) is 2.38. The lowest BCUT2D eigenvalue weighted by atomic mass is 10.2. The molecule has 98 valence electrons. The van der Waals surface area contributed by atoms with Crippen molar-refractivity contribution in [2.75, 3.05) is 0 Å². The molecule has 0 bridgehead atoms. The van der Waals surface area contributed by atoms with E-state index in [0.717, 1.165) is 12.1 Å². The normalized spacial score (nSPS) is 10.3. The van der Waals surface area contributed by atoms with Gasteiger partial charge >= 0.3 is 0 Å². The van der Waals surface area contributed by atoms with E-state index in [0.29, 0.717) is 0 Å². The van der Waals surface area contributed by atoms with Crippen LogP contribution in [0.25, 0.3) is 0 Å². The molecule has 0 amide bonds. The van der Waals surface area contributed by atoms with Gasteiger partial charge in [0.05, 0.1) is 5.56 Å². The molecule has 0 saturated heterocycles. The summed E-state index contributed by atoms with van der Waals surface area (Å²) in [6.45, 7) is -0.118. The number of carbonyl (C=O) groups excluding carboxylic acids is 1. The van der Waals surface area contributed by atoms with Crippen molar-refractivity contribution >= 4 is 16.8 Å². The van der Waals surface area contributed by atoms with E-state index in [1.165, 1.54) is 12.1 Å². The van der Waals surface area contributed by atoms with Crippen LogP contribution < -0.4 is 4.74 Å². The molecule has 2 aromatic rings. The molecule has 0 aromatic heterocycles. The standard InChI is InChI=1S/C14H9ClF2O2/c15-14(18)11-3-1-2-4-13(11)19-8-9-5-6-10(16)7-12(9)17/h1-7H,8H2. The Morgan fingerprint density at radius 3 is 2.58 bits per heavy atom. The van der Waals surface area contributed by atoms with Crippen molar-refractivity contribution in [1.82, 2.24) is 0 Å². The predicted octanol–water partition coefficient (Wildman–Crippen LogP) is 3.92. The summed E-state index contributed by atoms with van der Waals surface area (Å²) in [4.78, 5) is 11.2. The first-order valence-electron chi connectivity index (χ1n) is 5.43. The van der Waals surface area contributed by atoms with Crippen molar-refractivity contribution in [3.8, 4) is 5.75 Å². The molecule has 0 aliphatic rings. The second-order valence-electron chi connectivity index (χ2n) is 3.79. The van der Waals surface area contributed by atoms with Crippen molar-refractivity contribution in [1.29, 1.82) is 0 Å². The highest BCUT2D eigenvalue weighted by Crippen LogP contribution is 2.21. The fraction of sp³-hybridized carbons (Fsp3) is 0.0714. The Hall–Kier alpha value is -1.94. The Morgan fingerprint density at radius 1 is 1.16 bits per heavy atom. The Balaban J connectivity index is 2.17. The van der Waals surface area contributed by atoms with Gasteiger partial charge in [-0.15, -0.1) is 0 Å². The van der Waals surface area contributed by atoms with Gasteiger partial charge in [0, 0.05) is 11.6 Å². The van der Waals surface area contributed by atoms with Gasteiger partial charge in [0.25, 0.3) is 5.24 Å². The number of benzene rings is 2. The average molecular weight is 283 g/mol. The largest absolute Gasteiger partial charge is 0.488 e. The molecule has 0 saturated carbocycles. The molecule has 0 unspecified atom stereocenters. The lowest BCUT2D eigenvalue weighted by Gasteiger charge is -2.09. The number of rotatable bonds is 4. The fourth-order valence-corrected chi connectivity index (χ4v) is 1.71. The Kier molecular flexibility index (Phi) is 4.12. The van der Waals surface area contributed by atoms with Crippen LogP contribution in [0.4, 0.5) is 8.78 Å². The van der Waals surface area contributed by atoms with E-state index in [4.69, 9.17) is 16.3 Å². The van der Waals surface area contributed by atoms with Crippen LogP contribution in [0.2, 0.25) is 0 Å². The third-order valence-electron chi connectivity index (χ3n) is 2.50. The first-order valence-corrected chi connectivity index (χ1v) is 5.81. The number of hydrogen-bond acceptors (Lipinski definition) is 2. The van der Waals surface area contributed by atoms with Gasteiger partial charge in [-0.25, -0.2) is 8.78 Å². The summed E-state index contributed by atoms with van der Waals surface area (Å²) in [5.41, 5.74) is 0.393. The third kappa shape index (κ3) is 3.29. The van der Waals surface area contributed by atoms with E-state index in [2.05, 4.69) is 0 Å². The van der Waals surface area contributed by atoms with Gasteiger partial charge in [-0.1, -0.05) is 12.1 Å². The van der Waals surface area contributed by atoms with Crippen LogP contribution in [0.15, 0.2) is 42.5 Å². The second-order valence-corrected chi connectivity index (χ2v) is 4.14. The maximum absolute atomic E-state index is 13.4. The van der Waals surface area contributed by atoms with Gasteiger partial charge < -0.3 is 4.74 Å². The highest BCUT2D eigenvalue weighted by Gasteiger charge is 2.10. The molecule has 0 fully saturated rings. The van der Waals surface area contributed by atoms with E-state index in [1.54, 1.807) is 18.2 Å². The zero-order valence-electron chi connectivity index (χ0n) is 9.70. The summed E-state index contributed by atoms with van der Waals surface area (Å²) in [5, 5.41) is -0.657. The van der Waals surface area contributed by atoms with Gasteiger partial charge in [-0.3, -0.25) is 4.79 Å². The molecule has 2 nitrogen and oxygen atoms in total. The highest BCUT2D eigenvalue weighted by atomic mass is 35.5. The smallest absolute Gasteiger partial charge is 0.256 e. The van der Waals surface area contributed by atoms with E-state index in [-0.39, 0.29) is 23.5 Å². The van der Waals surface area contributed by atoms with Crippen LogP contribution in [0.1, 0.15) is 15.9 Å². The predicted molar refractivity (Wildman–Crippen MR) is 67.3 cm³/mol. The van der Waals surface area contributed by atoms with E-state index < -0.39 is 16.9 Å². The van der Waals surface area contributed by atoms with Crippen molar-refractivity contribution in [2.45, 2.75) is 6.61 Å². The number of halogens is 3. The van der Waals surface area contributed by atoms with Crippen molar-refractivity contribution < 1.29 is 18.3 Å². The van der Waals surface area contributed by atoms with Gasteiger partial charge in [0.15, 0.2) is 0 Å². The molecular weight excluding hydrogens is 274 g/mol. The molecule has 0 spiro atoms. The topological polar surface area (TPSA) is 26.3 Å². The van der Waals surface area contributed by atoms with Crippen molar-refractivity contribution in [2.24, 2.45) is 0 Å². The molecule has 0 aliphatic heterocycles. The van der Waals surface area contributed by atoms with Gasteiger partial charge in [-0.05, 0) is 35.9 Å².